The van der Waals surface area contributed by atoms with Gasteiger partial charge in [-0.2, -0.15) is 0 Å². The van der Waals surface area contributed by atoms with E-state index in [1.54, 1.807) is 11.8 Å². The molecule has 0 aliphatic carbocycles. The van der Waals surface area contributed by atoms with Crippen molar-refractivity contribution < 1.29 is 28.8 Å². The number of nitrogens with zero attached hydrogens (tertiary/aromatic N) is 2. The summed E-state index contributed by atoms with van der Waals surface area (Å²) in [5.74, 6) is -1.37. The van der Waals surface area contributed by atoms with Gasteiger partial charge in [0.05, 0.1) is 51.8 Å². The maximum Gasteiger partial charge on any atom is 0.196 e. The molecule has 4 rings (SSSR count). The zero-order valence-corrected chi connectivity index (χ0v) is 19.2. The maximum atomic E-state index is 15.5. The van der Waals surface area contributed by atoms with Crippen LogP contribution in [0.25, 0.3) is 16.6 Å². The average molecular weight is 526 g/mol. The number of pyridine rings is 1. The first-order chi connectivity index (χ1) is 15.7. The first kappa shape index (κ1) is 23.6. The predicted octanol–water partition coefficient (Wildman–Crippen LogP) is 2.06. The summed E-state index contributed by atoms with van der Waals surface area (Å²) in [5.41, 5.74) is 6.65. The Morgan fingerprint density at radius 3 is 2.55 bits per heavy atom. The molecule has 33 heavy (non-hydrogen) atoms. The molecule has 0 unspecified atom stereocenters. The molecule has 1 saturated heterocycles. The fourth-order valence-corrected chi connectivity index (χ4v) is 4.72. The van der Waals surface area contributed by atoms with Gasteiger partial charge in [-0.05, 0) is 35.0 Å². The molecule has 1 fully saturated rings. The number of nitrogen functional groups attached to an aromatic ring is 1. The third kappa shape index (κ3) is 3.89. The van der Waals surface area contributed by atoms with E-state index in [9.17, 15) is 19.4 Å². The second-order valence-electron chi connectivity index (χ2n) is 7.88. The minimum absolute atomic E-state index is 0.0145. The Bertz CT molecular complexity index is 1310. The molecular weight excluding hydrogens is 504 g/mol. The van der Waals surface area contributed by atoms with Gasteiger partial charge in [-0.3, -0.25) is 4.79 Å². The summed E-state index contributed by atoms with van der Waals surface area (Å²) in [6, 6.07) is 2.42. The van der Waals surface area contributed by atoms with Crippen molar-refractivity contribution in [2.75, 3.05) is 30.5 Å². The van der Waals surface area contributed by atoms with E-state index in [4.69, 9.17) is 15.6 Å². The van der Waals surface area contributed by atoms with Gasteiger partial charge in [0.2, 0.25) is 0 Å². The van der Waals surface area contributed by atoms with Crippen molar-refractivity contribution in [2.24, 2.45) is 0 Å². The largest absolute Gasteiger partial charge is 0.396 e. The average Bonchev–Trinajstić information content (AvgIpc) is 2.76. The highest BCUT2D eigenvalue weighted by Gasteiger charge is 2.32. The Morgan fingerprint density at radius 1 is 1.24 bits per heavy atom. The zero-order chi connectivity index (χ0) is 24.0. The lowest BCUT2D eigenvalue weighted by molar-refractivity contribution is -0.0116. The predicted molar refractivity (Wildman–Crippen MR) is 122 cm³/mol. The van der Waals surface area contributed by atoms with E-state index in [2.05, 4.69) is 15.9 Å². The molecule has 1 aromatic heterocycles. The fraction of sp³-hybridized carbons (Fsp3) is 0.318. The van der Waals surface area contributed by atoms with Crippen molar-refractivity contribution in [3.05, 3.63) is 61.4 Å². The molecule has 11 heteroatoms. The van der Waals surface area contributed by atoms with E-state index in [-0.39, 0.29) is 52.1 Å². The number of β-amino-alcohol motifs (C(OH)–C–C–N with tert-alkyl or cyclic N) is 1. The SMILES string of the molecule is Cc1c(N2CC(O)C2)c(F)c(Br)c2c(=O)c(COCO)cn(-c3cc(N)c(F)cc3CO)c12. The van der Waals surface area contributed by atoms with E-state index in [1.807, 2.05) is 0 Å². The second-order valence-corrected chi connectivity index (χ2v) is 8.67. The van der Waals surface area contributed by atoms with Crippen LogP contribution in [-0.4, -0.2) is 45.9 Å². The van der Waals surface area contributed by atoms with Crippen molar-refractivity contribution >= 4 is 38.2 Å². The molecule has 1 aliphatic rings. The summed E-state index contributed by atoms with van der Waals surface area (Å²) < 4.78 is 36.0. The van der Waals surface area contributed by atoms with Crippen molar-refractivity contribution in [1.29, 1.82) is 0 Å². The van der Waals surface area contributed by atoms with Crippen LogP contribution in [0.2, 0.25) is 0 Å². The summed E-state index contributed by atoms with van der Waals surface area (Å²) in [6.07, 6.45) is 0.856. The number of aliphatic hydroxyl groups is 3. The van der Waals surface area contributed by atoms with Gasteiger partial charge in [-0.25, -0.2) is 8.78 Å². The molecule has 0 spiro atoms. The van der Waals surface area contributed by atoms with E-state index in [0.29, 0.717) is 16.8 Å². The number of benzene rings is 2. The number of halogens is 3. The maximum absolute atomic E-state index is 15.5. The number of nitrogens with two attached hydrogens (primary N) is 1. The Kier molecular flexibility index (Phi) is 6.43. The lowest BCUT2D eigenvalue weighted by Crippen LogP contribution is -2.51. The Labute approximate surface area is 195 Å². The molecule has 0 saturated carbocycles. The van der Waals surface area contributed by atoms with Gasteiger partial charge in [0.1, 0.15) is 12.6 Å². The van der Waals surface area contributed by atoms with Crippen LogP contribution < -0.4 is 16.1 Å². The number of aromatic nitrogens is 1. The van der Waals surface area contributed by atoms with Crippen LogP contribution in [-0.2, 0) is 18.0 Å². The number of fused-ring (bicyclic) bond motifs is 1. The number of rotatable bonds is 6. The Morgan fingerprint density at radius 2 is 1.94 bits per heavy atom. The van der Waals surface area contributed by atoms with Crippen molar-refractivity contribution in [1.82, 2.24) is 4.57 Å². The second kappa shape index (κ2) is 8.99. The molecular formula is C22H22BrF2N3O5. The molecule has 5 N–H and O–H groups in total. The van der Waals surface area contributed by atoms with Crippen molar-refractivity contribution in [2.45, 2.75) is 26.2 Å². The summed E-state index contributed by atoms with van der Waals surface area (Å²) >= 11 is 3.22. The van der Waals surface area contributed by atoms with Crippen LogP contribution in [0, 0.1) is 18.6 Å². The van der Waals surface area contributed by atoms with Gasteiger partial charge in [0.15, 0.2) is 11.2 Å². The summed E-state index contributed by atoms with van der Waals surface area (Å²) in [6.45, 7) is 0.692. The molecule has 176 valence electrons. The standard InChI is InChI=1S/C22H22BrF2N3O5/c1-10-20-17(18(23)19(25)21(10)27-5-13(31)6-27)22(32)12(8-33-9-30)4-28(20)16-3-15(26)14(24)2-11(16)7-29/h2-4,13,29-31H,5-9,26H2,1H3. The smallest absolute Gasteiger partial charge is 0.196 e. The van der Waals surface area contributed by atoms with Gasteiger partial charge in [0.25, 0.3) is 0 Å². The zero-order valence-electron chi connectivity index (χ0n) is 17.6. The molecule has 3 aromatic rings. The van der Waals surface area contributed by atoms with Crippen molar-refractivity contribution in [3.63, 3.8) is 0 Å². The number of hydrogen-bond donors (Lipinski definition) is 4. The van der Waals surface area contributed by atoms with E-state index in [1.165, 1.54) is 16.8 Å². The summed E-state index contributed by atoms with van der Waals surface area (Å²) in [5, 5.41) is 28.7. The molecule has 8 nitrogen and oxygen atoms in total. The lowest BCUT2D eigenvalue weighted by Gasteiger charge is -2.39. The highest BCUT2D eigenvalue weighted by molar-refractivity contribution is 9.10. The number of ether oxygens (including phenoxy) is 1. The van der Waals surface area contributed by atoms with Crippen LogP contribution in [0.5, 0.6) is 0 Å². The molecule has 0 bridgehead atoms. The van der Waals surface area contributed by atoms with Gasteiger partial charge in [-0.15, -0.1) is 0 Å². The topological polar surface area (TPSA) is 121 Å². The molecule has 0 atom stereocenters. The minimum Gasteiger partial charge on any atom is -0.396 e. The highest BCUT2D eigenvalue weighted by atomic mass is 79.9. The minimum atomic E-state index is -0.712. The van der Waals surface area contributed by atoms with Gasteiger partial charge in [0, 0.05) is 36.0 Å². The number of hydrogen-bond acceptors (Lipinski definition) is 7. The monoisotopic (exact) mass is 525 g/mol. The third-order valence-electron chi connectivity index (χ3n) is 5.77. The van der Waals surface area contributed by atoms with Crippen LogP contribution in [0.1, 0.15) is 16.7 Å². The van der Waals surface area contributed by atoms with Gasteiger partial charge >= 0.3 is 0 Å². The third-order valence-corrected chi connectivity index (χ3v) is 6.51. The van der Waals surface area contributed by atoms with Crippen molar-refractivity contribution in [3.8, 4) is 5.69 Å². The normalized spacial score (nSPS) is 14.2. The first-order valence-corrected chi connectivity index (χ1v) is 10.8. The van der Waals surface area contributed by atoms with Gasteiger partial charge in [-0.1, -0.05) is 0 Å². The lowest BCUT2D eigenvalue weighted by atomic mass is 10.0. The Balaban J connectivity index is 2.14. The van der Waals surface area contributed by atoms with Crippen LogP contribution in [0.3, 0.4) is 0 Å². The Hall–Kier alpha value is -2.57. The van der Waals surface area contributed by atoms with Crippen LogP contribution in [0.4, 0.5) is 20.2 Å². The molecule has 1 aliphatic heterocycles. The van der Waals surface area contributed by atoms with Crippen LogP contribution in [0.15, 0.2) is 27.6 Å². The fourth-order valence-electron chi connectivity index (χ4n) is 4.16. The summed E-state index contributed by atoms with van der Waals surface area (Å²) in [7, 11) is 0. The summed E-state index contributed by atoms with van der Waals surface area (Å²) in [4.78, 5) is 14.9. The molecule has 0 amide bonds. The first-order valence-electron chi connectivity index (χ1n) is 10.1. The highest BCUT2D eigenvalue weighted by Crippen LogP contribution is 2.40. The van der Waals surface area contributed by atoms with Gasteiger partial charge < -0.3 is 35.3 Å². The van der Waals surface area contributed by atoms with E-state index >= 15 is 4.39 Å². The van der Waals surface area contributed by atoms with Crippen LogP contribution >= 0.6 is 15.9 Å². The molecule has 2 aromatic carbocycles. The number of aryl methyl sites for hydroxylation is 1. The molecule has 0 radical (unpaired) electrons. The van der Waals surface area contributed by atoms with E-state index in [0.717, 1.165) is 6.07 Å². The van der Waals surface area contributed by atoms with E-state index < -0.39 is 36.6 Å². The quantitative estimate of drug-likeness (QED) is 0.287. The molecule has 2 heterocycles. The number of anilines is 2. The number of aliphatic hydroxyl groups excluding tert-OH is 3.